The summed E-state index contributed by atoms with van der Waals surface area (Å²) in [4.78, 5) is 35.1. The van der Waals surface area contributed by atoms with Crippen molar-refractivity contribution in [1.82, 2.24) is 5.32 Å². The number of carbonyl (C=O) groups is 3. The standard InChI is InChI=1S/C46H85NO5/c1-3-5-7-9-11-13-15-17-18-19-20-22-24-26-28-33-37-41-46(51)52-43(39-35-31-29-32-36-40-44(48)47-42-45(49)50)38-34-30-27-25-23-21-16-14-12-10-8-6-4-2/h11,13,17-18,43H,3-10,12,14-16,19-42H2,1-2H3,(H,47,48)(H,49,50)/b13-11-,18-17-. The van der Waals surface area contributed by atoms with Gasteiger partial charge in [0.2, 0.25) is 5.91 Å². The number of carbonyl (C=O) groups excluding carboxylic acids is 2. The number of esters is 1. The minimum atomic E-state index is -1.01. The number of ether oxygens (including phenoxy) is 1. The largest absolute Gasteiger partial charge is 0.480 e. The second-order valence-electron chi connectivity index (χ2n) is 15.3. The number of nitrogens with one attached hydrogen (secondary N) is 1. The van der Waals surface area contributed by atoms with E-state index in [0.717, 1.165) is 70.6 Å². The number of aliphatic carboxylic acids is 1. The smallest absolute Gasteiger partial charge is 0.322 e. The molecule has 0 rings (SSSR count). The van der Waals surface area contributed by atoms with E-state index in [1.807, 2.05) is 0 Å². The first-order valence-corrected chi connectivity index (χ1v) is 22.5. The van der Waals surface area contributed by atoms with Gasteiger partial charge < -0.3 is 15.2 Å². The Labute approximate surface area is 322 Å². The summed E-state index contributed by atoms with van der Waals surface area (Å²) in [5, 5.41) is 11.1. The topological polar surface area (TPSA) is 92.7 Å². The monoisotopic (exact) mass is 732 g/mol. The number of hydrogen-bond acceptors (Lipinski definition) is 4. The lowest BCUT2D eigenvalue weighted by Gasteiger charge is -2.18. The van der Waals surface area contributed by atoms with Gasteiger partial charge in [-0.2, -0.15) is 0 Å². The van der Waals surface area contributed by atoms with Gasteiger partial charge in [-0.05, 0) is 70.6 Å². The number of unbranched alkanes of at least 4 members (excludes halogenated alkanes) is 26. The van der Waals surface area contributed by atoms with Gasteiger partial charge in [-0.3, -0.25) is 14.4 Å². The van der Waals surface area contributed by atoms with Gasteiger partial charge in [0.1, 0.15) is 12.6 Å². The van der Waals surface area contributed by atoms with Crippen LogP contribution >= 0.6 is 0 Å². The highest BCUT2D eigenvalue weighted by Gasteiger charge is 2.14. The van der Waals surface area contributed by atoms with E-state index in [-0.39, 0.29) is 24.5 Å². The summed E-state index contributed by atoms with van der Waals surface area (Å²) < 4.78 is 6.04. The molecule has 0 aromatic heterocycles. The Morgan fingerprint density at radius 1 is 0.500 bits per heavy atom. The van der Waals surface area contributed by atoms with Gasteiger partial charge in [0.15, 0.2) is 0 Å². The van der Waals surface area contributed by atoms with Crippen molar-refractivity contribution in [3.63, 3.8) is 0 Å². The number of allylic oxidation sites excluding steroid dienone is 4. The number of rotatable bonds is 41. The van der Waals surface area contributed by atoms with Gasteiger partial charge >= 0.3 is 11.9 Å². The van der Waals surface area contributed by atoms with Crippen molar-refractivity contribution in [3.8, 4) is 0 Å². The third kappa shape index (κ3) is 40.7. The molecule has 0 radical (unpaired) electrons. The maximum atomic E-state index is 12.8. The molecular weight excluding hydrogens is 647 g/mol. The molecule has 0 aliphatic carbocycles. The minimum absolute atomic E-state index is 0.0188. The number of amides is 1. The van der Waals surface area contributed by atoms with Crippen molar-refractivity contribution in [2.45, 2.75) is 245 Å². The molecule has 0 fully saturated rings. The fourth-order valence-electron chi connectivity index (χ4n) is 6.78. The fourth-order valence-corrected chi connectivity index (χ4v) is 6.78. The lowest BCUT2D eigenvalue weighted by molar-refractivity contribution is -0.150. The molecule has 0 saturated heterocycles. The molecule has 304 valence electrons. The Hall–Kier alpha value is -2.11. The van der Waals surface area contributed by atoms with Crippen LogP contribution in [0.3, 0.4) is 0 Å². The summed E-state index contributed by atoms with van der Waals surface area (Å²) >= 11 is 0. The third-order valence-corrected chi connectivity index (χ3v) is 10.1. The molecule has 0 aromatic carbocycles. The SMILES string of the molecule is CCCCC/C=C\C/C=C\CCCCCCCCCC(=O)OC(CCCCCCCCCCCCCCC)CCCCCCCC(=O)NCC(=O)O. The summed E-state index contributed by atoms with van der Waals surface area (Å²) in [6, 6.07) is 0. The summed E-state index contributed by atoms with van der Waals surface area (Å²) in [5.41, 5.74) is 0. The average Bonchev–Trinajstić information content (AvgIpc) is 3.13. The molecule has 6 nitrogen and oxygen atoms in total. The first-order valence-electron chi connectivity index (χ1n) is 22.5. The highest BCUT2D eigenvalue weighted by atomic mass is 16.5. The maximum absolute atomic E-state index is 12.8. The van der Waals surface area contributed by atoms with Gasteiger partial charge in [0, 0.05) is 12.8 Å². The van der Waals surface area contributed by atoms with Crippen LogP contribution in [0.25, 0.3) is 0 Å². The second-order valence-corrected chi connectivity index (χ2v) is 15.3. The summed E-state index contributed by atoms with van der Waals surface area (Å²) in [5.74, 6) is -1.23. The van der Waals surface area contributed by atoms with Crippen molar-refractivity contribution >= 4 is 17.8 Å². The van der Waals surface area contributed by atoms with Crippen molar-refractivity contribution in [3.05, 3.63) is 24.3 Å². The van der Waals surface area contributed by atoms with Crippen LogP contribution in [0.15, 0.2) is 24.3 Å². The zero-order valence-electron chi connectivity index (χ0n) is 34.4. The van der Waals surface area contributed by atoms with Crippen molar-refractivity contribution in [2.24, 2.45) is 0 Å². The average molecular weight is 732 g/mol. The lowest BCUT2D eigenvalue weighted by Crippen LogP contribution is -2.28. The minimum Gasteiger partial charge on any atom is -0.480 e. The van der Waals surface area contributed by atoms with E-state index in [0.29, 0.717) is 12.8 Å². The van der Waals surface area contributed by atoms with E-state index in [1.165, 1.54) is 141 Å². The van der Waals surface area contributed by atoms with Gasteiger partial charge in [0.25, 0.3) is 0 Å². The molecule has 1 amide bonds. The zero-order valence-corrected chi connectivity index (χ0v) is 34.4. The van der Waals surface area contributed by atoms with E-state index in [1.54, 1.807) is 0 Å². The molecule has 0 spiro atoms. The van der Waals surface area contributed by atoms with E-state index < -0.39 is 5.97 Å². The van der Waals surface area contributed by atoms with E-state index in [9.17, 15) is 14.4 Å². The molecule has 52 heavy (non-hydrogen) atoms. The summed E-state index contributed by atoms with van der Waals surface area (Å²) in [6.07, 6.45) is 50.1. The third-order valence-electron chi connectivity index (χ3n) is 10.1. The highest BCUT2D eigenvalue weighted by molar-refractivity contribution is 5.80. The molecule has 1 atom stereocenters. The molecule has 0 aliphatic rings. The predicted octanol–water partition coefficient (Wildman–Crippen LogP) is 13.9. The van der Waals surface area contributed by atoms with Crippen LogP contribution in [-0.4, -0.2) is 35.6 Å². The lowest BCUT2D eigenvalue weighted by atomic mass is 10.0. The molecule has 2 N–H and O–H groups in total. The van der Waals surface area contributed by atoms with Crippen molar-refractivity contribution in [1.29, 1.82) is 0 Å². The fraction of sp³-hybridized carbons (Fsp3) is 0.848. The first kappa shape index (κ1) is 49.9. The van der Waals surface area contributed by atoms with E-state index in [2.05, 4.69) is 43.5 Å². The quantitative estimate of drug-likeness (QED) is 0.0371. The second kappa shape index (κ2) is 41.6. The Balaban J connectivity index is 4.14. The van der Waals surface area contributed by atoms with Crippen LogP contribution in [-0.2, 0) is 19.1 Å². The Kier molecular flexibility index (Phi) is 40.0. The van der Waals surface area contributed by atoms with Gasteiger partial charge in [-0.1, -0.05) is 179 Å². The normalized spacial score (nSPS) is 12.2. The Bertz CT molecular complexity index is 854. The molecular formula is C46H85NO5. The molecule has 1 unspecified atom stereocenters. The van der Waals surface area contributed by atoms with Crippen LogP contribution in [0.5, 0.6) is 0 Å². The summed E-state index contributed by atoms with van der Waals surface area (Å²) in [7, 11) is 0. The van der Waals surface area contributed by atoms with Gasteiger partial charge in [0.05, 0.1) is 0 Å². The number of carboxylic acids is 1. The Morgan fingerprint density at radius 2 is 0.885 bits per heavy atom. The van der Waals surface area contributed by atoms with Gasteiger partial charge in [-0.25, -0.2) is 0 Å². The van der Waals surface area contributed by atoms with Crippen molar-refractivity contribution < 1.29 is 24.2 Å². The first-order chi connectivity index (χ1) is 25.5. The van der Waals surface area contributed by atoms with Crippen molar-refractivity contribution in [2.75, 3.05) is 6.54 Å². The van der Waals surface area contributed by atoms with E-state index >= 15 is 0 Å². The molecule has 0 heterocycles. The van der Waals surface area contributed by atoms with E-state index in [4.69, 9.17) is 9.84 Å². The molecule has 0 saturated carbocycles. The number of hydrogen-bond donors (Lipinski definition) is 2. The van der Waals surface area contributed by atoms with Crippen LogP contribution in [0.4, 0.5) is 0 Å². The summed E-state index contributed by atoms with van der Waals surface area (Å²) in [6.45, 7) is 4.22. The van der Waals surface area contributed by atoms with Crippen LogP contribution in [0, 0.1) is 0 Å². The molecule has 0 bridgehead atoms. The highest BCUT2D eigenvalue weighted by Crippen LogP contribution is 2.19. The van der Waals surface area contributed by atoms with Crippen LogP contribution < -0.4 is 5.32 Å². The predicted molar refractivity (Wildman–Crippen MR) is 222 cm³/mol. The molecule has 6 heteroatoms. The zero-order chi connectivity index (χ0) is 38.0. The van der Waals surface area contributed by atoms with Gasteiger partial charge in [-0.15, -0.1) is 0 Å². The van der Waals surface area contributed by atoms with Crippen LogP contribution in [0.2, 0.25) is 0 Å². The van der Waals surface area contributed by atoms with Crippen LogP contribution in [0.1, 0.15) is 239 Å². The maximum Gasteiger partial charge on any atom is 0.322 e. The number of carboxylic acid groups (broad SMARTS) is 1. The Morgan fingerprint density at radius 3 is 1.37 bits per heavy atom. The molecule has 0 aromatic rings. The molecule has 0 aliphatic heterocycles.